The molecule has 1 aromatic carbocycles. The zero-order valence-corrected chi connectivity index (χ0v) is 13.2. The molecule has 0 radical (unpaired) electrons. The fourth-order valence-corrected chi connectivity index (χ4v) is 3.17. The summed E-state index contributed by atoms with van der Waals surface area (Å²) >= 11 is 5.92. The van der Waals surface area contributed by atoms with Gasteiger partial charge in [0, 0.05) is 10.6 Å². The van der Waals surface area contributed by atoms with Gasteiger partial charge < -0.3 is 5.32 Å². The Balaban J connectivity index is 2.16. The van der Waals surface area contributed by atoms with Crippen molar-refractivity contribution in [2.45, 2.75) is 57.4 Å². The summed E-state index contributed by atoms with van der Waals surface area (Å²) in [6.45, 7) is 1.86. The highest BCUT2D eigenvalue weighted by Gasteiger charge is 2.32. The molecule has 112 valence electrons. The predicted octanol–water partition coefficient (Wildman–Crippen LogP) is 4.38. The second-order valence-electron chi connectivity index (χ2n) is 5.88. The van der Waals surface area contributed by atoms with Crippen LogP contribution in [0.3, 0.4) is 0 Å². The lowest BCUT2D eigenvalue weighted by atomic mass is 9.84. The van der Waals surface area contributed by atoms with Crippen molar-refractivity contribution in [3.8, 4) is 6.07 Å². The van der Waals surface area contributed by atoms with Crippen molar-refractivity contribution in [1.29, 1.82) is 5.26 Å². The summed E-state index contributed by atoms with van der Waals surface area (Å²) in [5, 5.41) is 13.2. The van der Waals surface area contributed by atoms with Gasteiger partial charge in [0.15, 0.2) is 0 Å². The number of nitrogens with zero attached hydrogens (tertiary/aromatic N) is 1. The Morgan fingerprint density at radius 2 is 1.86 bits per heavy atom. The summed E-state index contributed by atoms with van der Waals surface area (Å²) in [6, 6.07) is 7.56. The van der Waals surface area contributed by atoms with Gasteiger partial charge in [0.2, 0.25) is 0 Å². The molecule has 1 N–H and O–H groups in total. The van der Waals surface area contributed by atoms with Gasteiger partial charge in [0.25, 0.3) is 5.91 Å². The van der Waals surface area contributed by atoms with Crippen molar-refractivity contribution in [3.63, 3.8) is 0 Å². The number of carbonyl (C=O) groups is 1. The first-order valence-electron chi connectivity index (χ1n) is 7.56. The van der Waals surface area contributed by atoms with Crippen LogP contribution in [0.2, 0.25) is 5.02 Å². The third-order valence-electron chi connectivity index (χ3n) is 4.21. The highest BCUT2D eigenvalue weighted by molar-refractivity contribution is 6.30. The molecule has 0 saturated heterocycles. The first-order valence-corrected chi connectivity index (χ1v) is 7.94. The Kier molecular flexibility index (Phi) is 5.25. The predicted molar refractivity (Wildman–Crippen MR) is 84.3 cm³/mol. The second kappa shape index (κ2) is 6.95. The van der Waals surface area contributed by atoms with Gasteiger partial charge in [-0.2, -0.15) is 5.26 Å². The molecule has 0 bridgehead atoms. The van der Waals surface area contributed by atoms with Crippen LogP contribution < -0.4 is 5.32 Å². The molecule has 2 rings (SSSR count). The zero-order valence-electron chi connectivity index (χ0n) is 12.4. The Hall–Kier alpha value is -1.53. The van der Waals surface area contributed by atoms with Crippen molar-refractivity contribution < 1.29 is 4.79 Å². The molecule has 1 saturated carbocycles. The third kappa shape index (κ3) is 3.98. The number of nitriles is 1. The lowest BCUT2D eigenvalue weighted by molar-refractivity contribution is 0.0907. The SMILES string of the molecule is Cc1cc(Cl)ccc1C(=O)NC1(C#N)CCCCCCC1. The molecule has 0 aromatic heterocycles. The minimum absolute atomic E-state index is 0.175. The van der Waals surface area contributed by atoms with Crippen LogP contribution in [0.25, 0.3) is 0 Å². The van der Waals surface area contributed by atoms with E-state index < -0.39 is 5.54 Å². The smallest absolute Gasteiger partial charge is 0.252 e. The van der Waals surface area contributed by atoms with E-state index in [1.807, 2.05) is 6.92 Å². The fraction of sp³-hybridized carbons (Fsp3) is 0.529. The first-order chi connectivity index (χ1) is 10.1. The van der Waals surface area contributed by atoms with Crippen LogP contribution in [-0.2, 0) is 0 Å². The number of halogens is 1. The number of hydrogen-bond donors (Lipinski definition) is 1. The quantitative estimate of drug-likeness (QED) is 0.881. The van der Waals surface area contributed by atoms with Gasteiger partial charge in [-0.05, 0) is 43.5 Å². The molecule has 0 unspecified atom stereocenters. The summed E-state index contributed by atoms with van der Waals surface area (Å²) < 4.78 is 0. The van der Waals surface area contributed by atoms with Crippen molar-refractivity contribution in [3.05, 3.63) is 34.3 Å². The number of hydrogen-bond acceptors (Lipinski definition) is 2. The lowest BCUT2D eigenvalue weighted by Gasteiger charge is -2.30. The molecule has 0 heterocycles. The van der Waals surface area contributed by atoms with Crippen molar-refractivity contribution in [2.24, 2.45) is 0 Å². The monoisotopic (exact) mass is 304 g/mol. The van der Waals surface area contributed by atoms with E-state index in [1.54, 1.807) is 18.2 Å². The van der Waals surface area contributed by atoms with Crippen LogP contribution in [0.4, 0.5) is 0 Å². The summed E-state index contributed by atoms with van der Waals surface area (Å²) in [7, 11) is 0. The van der Waals surface area contributed by atoms with Crippen LogP contribution in [-0.4, -0.2) is 11.4 Å². The number of rotatable bonds is 2. The maximum Gasteiger partial charge on any atom is 0.252 e. The fourth-order valence-electron chi connectivity index (χ4n) is 2.94. The van der Waals surface area contributed by atoms with Crippen LogP contribution in [0.15, 0.2) is 18.2 Å². The number of carbonyl (C=O) groups excluding carboxylic acids is 1. The van der Waals surface area contributed by atoms with Gasteiger partial charge in [0.05, 0.1) is 6.07 Å². The molecule has 3 nitrogen and oxygen atoms in total. The maximum atomic E-state index is 12.5. The van der Waals surface area contributed by atoms with Gasteiger partial charge in [0.1, 0.15) is 5.54 Å². The minimum atomic E-state index is -0.719. The summed E-state index contributed by atoms with van der Waals surface area (Å²) in [5.41, 5.74) is 0.707. The van der Waals surface area contributed by atoms with E-state index in [1.165, 1.54) is 6.42 Å². The van der Waals surface area contributed by atoms with Crippen LogP contribution in [0.1, 0.15) is 60.9 Å². The van der Waals surface area contributed by atoms with Gasteiger partial charge in [-0.1, -0.05) is 43.7 Å². The molecular formula is C17H21ClN2O. The highest BCUT2D eigenvalue weighted by atomic mass is 35.5. The molecule has 0 spiro atoms. The number of amides is 1. The van der Waals surface area contributed by atoms with Gasteiger partial charge in [-0.25, -0.2) is 0 Å². The Bertz CT molecular complexity index is 554. The molecule has 1 aliphatic rings. The molecule has 1 fully saturated rings. The molecular weight excluding hydrogens is 284 g/mol. The zero-order chi connectivity index (χ0) is 15.3. The topological polar surface area (TPSA) is 52.9 Å². The summed E-state index contributed by atoms with van der Waals surface area (Å²) in [5.74, 6) is -0.175. The van der Waals surface area contributed by atoms with Crippen molar-refractivity contribution >= 4 is 17.5 Å². The molecule has 21 heavy (non-hydrogen) atoms. The minimum Gasteiger partial charge on any atom is -0.334 e. The number of benzene rings is 1. The second-order valence-corrected chi connectivity index (χ2v) is 6.31. The summed E-state index contributed by atoms with van der Waals surface area (Å²) in [4.78, 5) is 12.5. The highest BCUT2D eigenvalue weighted by Crippen LogP contribution is 2.26. The molecule has 0 atom stereocenters. The maximum absolute atomic E-state index is 12.5. The van der Waals surface area contributed by atoms with Gasteiger partial charge in [-0.3, -0.25) is 4.79 Å². The number of nitrogens with one attached hydrogen (secondary N) is 1. The van der Waals surface area contributed by atoms with E-state index >= 15 is 0 Å². The van der Waals surface area contributed by atoms with Crippen LogP contribution in [0.5, 0.6) is 0 Å². The van der Waals surface area contributed by atoms with Crippen LogP contribution >= 0.6 is 11.6 Å². The van der Waals surface area contributed by atoms with E-state index in [0.717, 1.165) is 44.1 Å². The molecule has 0 aliphatic heterocycles. The van der Waals surface area contributed by atoms with Crippen LogP contribution in [0, 0.1) is 18.3 Å². The van der Waals surface area contributed by atoms with Crippen molar-refractivity contribution in [2.75, 3.05) is 0 Å². The normalized spacial score (nSPS) is 18.1. The summed E-state index contributed by atoms with van der Waals surface area (Å²) in [6.07, 6.45) is 6.97. The Morgan fingerprint density at radius 3 is 2.43 bits per heavy atom. The molecule has 1 amide bonds. The molecule has 1 aromatic rings. The van der Waals surface area contributed by atoms with E-state index in [-0.39, 0.29) is 5.91 Å². The lowest BCUT2D eigenvalue weighted by Crippen LogP contribution is -2.47. The Labute approximate surface area is 131 Å². The largest absolute Gasteiger partial charge is 0.334 e. The Morgan fingerprint density at radius 1 is 1.24 bits per heavy atom. The number of aryl methyl sites for hydroxylation is 1. The van der Waals surface area contributed by atoms with Crippen molar-refractivity contribution in [1.82, 2.24) is 5.32 Å². The third-order valence-corrected chi connectivity index (χ3v) is 4.44. The van der Waals surface area contributed by atoms with E-state index in [0.29, 0.717) is 10.6 Å². The standard InChI is InChI=1S/C17H21ClN2O/c1-13-11-14(18)7-8-15(13)16(21)20-17(12-19)9-5-3-2-4-6-10-17/h7-8,11H,2-6,9-10H2,1H3,(H,20,21). The van der Waals surface area contributed by atoms with Gasteiger partial charge in [-0.15, -0.1) is 0 Å². The average molecular weight is 305 g/mol. The first kappa shape index (κ1) is 15.9. The molecule has 4 heteroatoms. The molecule has 1 aliphatic carbocycles. The van der Waals surface area contributed by atoms with E-state index in [9.17, 15) is 10.1 Å². The van der Waals surface area contributed by atoms with Gasteiger partial charge >= 0.3 is 0 Å². The van der Waals surface area contributed by atoms with E-state index in [4.69, 9.17) is 11.6 Å². The van der Waals surface area contributed by atoms with E-state index in [2.05, 4.69) is 11.4 Å². The average Bonchev–Trinajstić information content (AvgIpc) is 2.42.